The average Bonchev–Trinajstić information content (AvgIpc) is 3.13. The Balaban J connectivity index is 1.93. The third-order valence-corrected chi connectivity index (χ3v) is 6.72. The second-order valence-electron chi connectivity index (χ2n) is 5.24. The molecule has 21 heavy (non-hydrogen) atoms. The van der Waals surface area contributed by atoms with Gasteiger partial charge in [0.25, 0.3) is 15.0 Å². The number of carbonyl (C=O) groups excluding carboxylic acids is 1. The summed E-state index contributed by atoms with van der Waals surface area (Å²) >= 11 is 0.971. The summed E-state index contributed by atoms with van der Waals surface area (Å²) in [6, 6.07) is 0. The number of thiophene rings is 1. The molecule has 0 spiro atoms. The van der Waals surface area contributed by atoms with Gasteiger partial charge in [0, 0.05) is 36.3 Å². The number of carbonyl (C=O) groups is 1. The monoisotopic (exact) mass is 351 g/mol. The average molecular weight is 352 g/mol. The maximum absolute atomic E-state index is 12.3. The van der Waals surface area contributed by atoms with Crippen molar-refractivity contribution in [2.24, 2.45) is 5.92 Å². The molecule has 118 valence electrons. The Hall–Kier alpha value is -0.630. The first-order valence-electron chi connectivity index (χ1n) is 6.66. The maximum atomic E-state index is 12.3. The maximum Gasteiger partial charge on any atom is 0.271 e. The molecule has 0 radical (unpaired) electrons. The Morgan fingerprint density at radius 3 is 2.71 bits per heavy atom. The topological polar surface area (TPSA) is 63.7 Å². The van der Waals surface area contributed by atoms with E-state index in [-0.39, 0.29) is 10.1 Å². The van der Waals surface area contributed by atoms with E-state index in [4.69, 9.17) is 15.4 Å². The first kappa shape index (κ1) is 16.7. The molecule has 1 aliphatic rings. The van der Waals surface area contributed by atoms with Gasteiger partial charge in [-0.3, -0.25) is 4.79 Å². The second kappa shape index (κ2) is 6.64. The molecule has 1 fully saturated rings. The number of hydrogen-bond acceptors (Lipinski definition) is 5. The molecule has 1 saturated carbocycles. The van der Waals surface area contributed by atoms with E-state index >= 15 is 0 Å². The molecule has 1 amide bonds. The Labute approximate surface area is 133 Å². The summed E-state index contributed by atoms with van der Waals surface area (Å²) in [5, 5.41) is 1.54. The van der Waals surface area contributed by atoms with Crippen LogP contribution in [-0.2, 0) is 13.8 Å². The summed E-state index contributed by atoms with van der Waals surface area (Å²) in [4.78, 5) is 13.8. The Morgan fingerprint density at radius 1 is 1.52 bits per heavy atom. The molecular formula is C13H18ClNO4S2. The Kier molecular flexibility index (Phi) is 5.29. The lowest BCUT2D eigenvalue weighted by molar-refractivity contribution is 0.0681. The minimum atomic E-state index is -3.80. The number of rotatable bonds is 7. The van der Waals surface area contributed by atoms with Crippen LogP contribution in [0.2, 0.25) is 0 Å². The first-order valence-corrected chi connectivity index (χ1v) is 9.85. The normalized spacial score (nSPS) is 15.2. The summed E-state index contributed by atoms with van der Waals surface area (Å²) in [7, 11) is 3.21. The molecular weight excluding hydrogens is 334 g/mol. The van der Waals surface area contributed by atoms with E-state index < -0.39 is 9.05 Å². The van der Waals surface area contributed by atoms with E-state index in [1.54, 1.807) is 14.0 Å². The third kappa shape index (κ3) is 4.42. The van der Waals surface area contributed by atoms with Crippen LogP contribution in [0.5, 0.6) is 0 Å². The Morgan fingerprint density at radius 2 is 2.19 bits per heavy atom. The highest BCUT2D eigenvalue weighted by Crippen LogP contribution is 2.30. The molecule has 1 aliphatic carbocycles. The molecule has 1 aromatic rings. The number of ether oxygens (including phenoxy) is 1. The number of halogens is 1. The van der Waals surface area contributed by atoms with Crippen LogP contribution in [0.15, 0.2) is 9.59 Å². The number of hydrogen-bond donors (Lipinski definition) is 0. The molecule has 1 aromatic heterocycles. The summed E-state index contributed by atoms with van der Waals surface area (Å²) in [6.45, 7) is 3.32. The fraction of sp³-hybridized carbons (Fsp3) is 0.615. The number of nitrogens with zero attached hydrogens (tertiary/aromatic N) is 1. The van der Waals surface area contributed by atoms with Gasteiger partial charge in [-0.15, -0.1) is 11.3 Å². The number of likely N-dealkylation sites (N-methyl/N-ethyl adjacent to an activating group) is 1. The zero-order valence-corrected chi connectivity index (χ0v) is 14.4. The Bertz CT molecular complexity index is 622. The van der Waals surface area contributed by atoms with E-state index in [9.17, 15) is 13.2 Å². The van der Waals surface area contributed by atoms with Crippen molar-refractivity contribution >= 4 is 37.0 Å². The van der Waals surface area contributed by atoms with Gasteiger partial charge in [0.05, 0.1) is 12.2 Å². The summed E-state index contributed by atoms with van der Waals surface area (Å²) < 4.78 is 28.3. The SMILES string of the molecule is Cc1c(C(=O)N(C)CCOCC2CC2)csc1S(=O)(=O)Cl. The number of amides is 1. The fourth-order valence-corrected chi connectivity index (χ4v) is 4.44. The second-order valence-corrected chi connectivity index (χ2v) is 8.89. The van der Waals surface area contributed by atoms with E-state index in [0.29, 0.717) is 30.2 Å². The van der Waals surface area contributed by atoms with Crippen LogP contribution in [0, 0.1) is 12.8 Å². The van der Waals surface area contributed by atoms with Gasteiger partial charge in [0.1, 0.15) is 4.21 Å². The van der Waals surface area contributed by atoms with Gasteiger partial charge in [-0.05, 0) is 31.2 Å². The highest BCUT2D eigenvalue weighted by Gasteiger charge is 2.24. The van der Waals surface area contributed by atoms with Crippen LogP contribution < -0.4 is 0 Å². The molecule has 2 rings (SSSR count). The van der Waals surface area contributed by atoms with Crippen molar-refractivity contribution in [3.8, 4) is 0 Å². The van der Waals surface area contributed by atoms with E-state index in [2.05, 4.69) is 0 Å². The van der Waals surface area contributed by atoms with E-state index in [1.165, 1.54) is 23.1 Å². The van der Waals surface area contributed by atoms with Crippen molar-refractivity contribution in [3.63, 3.8) is 0 Å². The predicted molar refractivity (Wildman–Crippen MR) is 82.6 cm³/mol. The minimum absolute atomic E-state index is 0.0332. The highest BCUT2D eigenvalue weighted by molar-refractivity contribution is 8.15. The van der Waals surface area contributed by atoms with E-state index in [0.717, 1.165) is 17.9 Å². The van der Waals surface area contributed by atoms with E-state index in [1.807, 2.05) is 0 Å². The standard InChI is InChI=1S/C13H18ClNO4S2/c1-9-11(8-20-13(9)21(14,17)18)12(16)15(2)5-6-19-7-10-3-4-10/h8,10H,3-7H2,1-2H3. The van der Waals surface area contributed by atoms with Crippen molar-refractivity contribution in [2.45, 2.75) is 24.0 Å². The lowest BCUT2D eigenvalue weighted by atomic mass is 10.2. The van der Waals surface area contributed by atoms with Crippen LogP contribution in [0.25, 0.3) is 0 Å². The van der Waals surface area contributed by atoms with Crippen molar-refractivity contribution in [3.05, 3.63) is 16.5 Å². The molecule has 0 aromatic carbocycles. The summed E-state index contributed by atoms with van der Waals surface area (Å²) in [5.74, 6) is 0.479. The summed E-state index contributed by atoms with van der Waals surface area (Å²) in [5.41, 5.74) is 0.787. The smallest absolute Gasteiger partial charge is 0.271 e. The molecule has 0 atom stereocenters. The van der Waals surface area contributed by atoms with Crippen molar-refractivity contribution < 1.29 is 17.9 Å². The zero-order chi connectivity index (χ0) is 15.6. The first-order chi connectivity index (χ1) is 9.80. The van der Waals surface area contributed by atoms with Gasteiger partial charge >= 0.3 is 0 Å². The molecule has 0 unspecified atom stereocenters. The van der Waals surface area contributed by atoms with Gasteiger partial charge in [-0.1, -0.05) is 0 Å². The van der Waals surface area contributed by atoms with Crippen LogP contribution >= 0.6 is 22.0 Å². The van der Waals surface area contributed by atoms with Crippen LogP contribution in [0.1, 0.15) is 28.8 Å². The molecule has 0 bridgehead atoms. The van der Waals surface area contributed by atoms with Crippen LogP contribution in [-0.4, -0.2) is 46.0 Å². The van der Waals surface area contributed by atoms with Gasteiger partial charge in [-0.25, -0.2) is 8.42 Å². The van der Waals surface area contributed by atoms with Crippen LogP contribution in [0.3, 0.4) is 0 Å². The van der Waals surface area contributed by atoms with Crippen molar-refractivity contribution in [1.82, 2.24) is 4.90 Å². The zero-order valence-electron chi connectivity index (χ0n) is 12.0. The lowest BCUT2D eigenvalue weighted by Crippen LogP contribution is -2.30. The quantitative estimate of drug-likeness (QED) is 0.559. The molecule has 0 aliphatic heterocycles. The molecule has 0 N–H and O–H groups in total. The summed E-state index contributed by atoms with van der Waals surface area (Å²) in [6.07, 6.45) is 2.47. The highest BCUT2D eigenvalue weighted by atomic mass is 35.7. The third-order valence-electron chi connectivity index (χ3n) is 3.41. The van der Waals surface area contributed by atoms with Gasteiger partial charge in [0.2, 0.25) is 0 Å². The van der Waals surface area contributed by atoms with Gasteiger partial charge in [0.15, 0.2) is 0 Å². The molecule has 1 heterocycles. The lowest BCUT2D eigenvalue weighted by Gasteiger charge is -2.17. The van der Waals surface area contributed by atoms with Crippen LogP contribution in [0.4, 0.5) is 0 Å². The largest absolute Gasteiger partial charge is 0.379 e. The fourth-order valence-electron chi connectivity index (χ4n) is 1.89. The molecule has 0 saturated heterocycles. The molecule has 5 nitrogen and oxygen atoms in total. The predicted octanol–water partition coefficient (Wildman–Crippen LogP) is 2.48. The van der Waals surface area contributed by atoms with Crippen molar-refractivity contribution in [2.75, 3.05) is 26.8 Å². The van der Waals surface area contributed by atoms with Crippen molar-refractivity contribution in [1.29, 1.82) is 0 Å². The van der Waals surface area contributed by atoms with Gasteiger partial charge < -0.3 is 9.64 Å². The van der Waals surface area contributed by atoms with Gasteiger partial charge in [-0.2, -0.15) is 0 Å². The minimum Gasteiger partial charge on any atom is -0.379 e. The molecule has 8 heteroatoms.